The molecule has 18 heavy (non-hydrogen) atoms. The van der Waals surface area contributed by atoms with Crippen molar-refractivity contribution in [2.24, 2.45) is 5.73 Å². The van der Waals surface area contributed by atoms with E-state index in [9.17, 15) is 13.6 Å². The molecule has 3 nitrogen and oxygen atoms in total. The Morgan fingerprint density at radius 1 is 1.33 bits per heavy atom. The summed E-state index contributed by atoms with van der Waals surface area (Å²) in [7, 11) is 0. The van der Waals surface area contributed by atoms with Gasteiger partial charge in [-0.15, -0.1) is 0 Å². The summed E-state index contributed by atoms with van der Waals surface area (Å²) < 4.78 is 27.2. The minimum Gasteiger partial charge on any atom is -0.320 e. The fourth-order valence-electron chi connectivity index (χ4n) is 1.58. The van der Waals surface area contributed by atoms with Gasteiger partial charge in [0.05, 0.1) is 5.54 Å². The SMILES string of the molecule is CCC(N)(CC)C(=O)Nc1c(F)ccc(C)c1F. The lowest BCUT2D eigenvalue weighted by molar-refractivity contribution is -0.121. The topological polar surface area (TPSA) is 55.1 Å². The molecule has 1 aromatic rings. The molecule has 0 aromatic heterocycles. The first-order valence-corrected chi connectivity index (χ1v) is 5.90. The second-order valence-electron chi connectivity index (χ2n) is 4.37. The molecule has 0 spiro atoms. The minimum atomic E-state index is -1.11. The van der Waals surface area contributed by atoms with Crippen LogP contribution in [0.3, 0.4) is 0 Å². The van der Waals surface area contributed by atoms with E-state index in [0.717, 1.165) is 6.07 Å². The van der Waals surface area contributed by atoms with Crippen molar-refractivity contribution in [1.82, 2.24) is 0 Å². The smallest absolute Gasteiger partial charge is 0.244 e. The van der Waals surface area contributed by atoms with E-state index in [0.29, 0.717) is 12.8 Å². The number of carbonyl (C=O) groups is 1. The lowest BCUT2D eigenvalue weighted by Gasteiger charge is -2.25. The van der Waals surface area contributed by atoms with Gasteiger partial charge >= 0.3 is 0 Å². The first-order chi connectivity index (χ1) is 8.35. The largest absolute Gasteiger partial charge is 0.320 e. The summed E-state index contributed by atoms with van der Waals surface area (Å²) in [6.07, 6.45) is 0.786. The molecule has 0 radical (unpaired) electrons. The molecule has 100 valence electrons. The van der Waals surface area contributed by atoms with Crippen molar-refractivity contribution in [2.75, 3.05) is 5.32 Å². The Morgan fingerprint density at radius 3 is 2.39 bits per heavy atom. The molecule has 0 heterocycles. The molecular weight excluding hydrogens is 238 g/mol. The number of hydrogen-bond acceptors (Lipinski definition) is 2. The molecule has 0 aliphatic carbocycles. The Morgan fingerprint density at radius 2 is 1.89 bits per heavy atom. The maximum atomic E-state index is 13.7. The highest BCUT2D eigenvalue weighted by Crippen LogP contribution is 2.23. The highest BCUT2D eigenvalue weighted by atomic mass is 19.1. The van der Waals surface area contributed by atoms with E-state index in [2.05, 4.69) is 5.32 Å². The second-order valence-corrected chi connectivity index (χ2v) is 4.37. The molecule has 0 aliphatic heterocycles. The molecule has 5 heteroatoms. The van der Waals surface area contributed by atoms with E-state index >= 15 is 0 Å². The Balaban J connectivity index is 3.06. The number of carbonyl (C=O) groups excluding carboxylic acids is 1. The number of aryl methyl sites for hydroxylation is 1. The fourth-order valence-corrected chi connectivity index (χ4v) is 1.58. The van der Waals surface area contributed by atoms with Crippen LogP contribution in [-0.4, -0.2) is 11.4 Å². The summed E-state index contributed by atoms with van der Waals surface area (Å²) >= 11 is 0. The average Bonchev–Trinajstić information content (AvgIpc) is 2.37. The minimum absolute atomic E-state index is 0.266. The fraction of sp³-hybridized carbons (Fsp3) is 0.462. The maximum absolute atomic E-state index is 13.7. The van der Waals surface area contributed by atoms with Crippen molar-refractivity contribution >= 4 is 11.6 Å². The molecule has 0 atom stereocenters. The zero-order valence-corrected chi connectivity index (χ0v) is 10.8. The molecule has 1 amide bonds. The van der Waals surface area contributed by atoms with Gasteiger partial charge in [0.25, 0.3) is 0 Å². The van der Waals surface area contributed by atoms with Gasteiger partial charge in [-0.2, -0.15) is 0 Å². The summed E-state index contributed by atoms with van der Waals surface area (Å²) in [4.78, 5) is 11.9. The molecule has 0 bridgehead atoms. The quantitative estimate of drug-likeness (QED) is 0.870. The molecule has 1 rings (SSSR count). The van der Waals surface area contributed by atoms with Crippen LogP contribution in [0.2, 0.25) is 0 Å². The molecule has 0 unspecified atom stereocenters. The lowest BCUT2D eigenvalue weighted by atomic mass is 9.93. The predicted molar refractivity (Wildman–Crippen MR) is 67.2 cm³/mol. The summed E-state index contributed by atoms with van der Waals surface area (Å²) in [6, 6.07) is 2.43. The van der Waals surface area contributed by atoms with Crippen molar-refractivity contribution in [2.45, 2.75) is 39.2 Å². The van der Waals surface area contributed by atoms with Crippen LogP contribution in [0.15, 0.2) is 12.1 Å². The predicted octanol–water partition coefficient (Wildman–Crippen LogP) is 2.73. The van der Waals surface area contributed by atoms with E-state index in [4.69, 9.17) is 5.73 Å². The van der Waals surface area contributed by atoms with Gasteiger partial charge in [-0.3, -0.25) is 4.79 Å². The van der Waals surface area contributed by atoms with E-state index in [-0.39, 0.29) is 5.56 Å². The zero-order chi connectivity index (χ0) is 13.9. The Kier molecular flexibility index (Phi) is 4.40. The lowest BCUT2D eigenvalue weighted by Crippen LogP contribution is -2.50. The van der Waals surface area contributed by atoms with Crippen LogP contribution in [0.25, 0.3) is 0 Å². The summed E-state index contributed by atoms with van der Waals surface area (Å²) in [5.74, 6) is -2.14. The Labute approximate surface area is 105 Å². The number of nitrogens with one attached hydrogen (secondary N) is 1. The van der Waals surface area contributed by atoms with Crippen LogP contribution in [0.1, 0.15) is 32.3 Å². The monoisotopic (exact) mass is 256 g/mol. The number of benzene rings is 1. The van der Waals surface area contributed by atoms with Crippen LogP contribution in [0.4, 0.5) is 14.5 Å². The van der Waals surface area contributed by atoms with Gasteiger partial charge in [-0.05, 0) is 31.4 Å². The number of hydrogen-bond donors (Lipinski definition) is 2. The highest BCUT2D eigenvalue weighted by molar-refractivity contribution is 5.98. The molecule has 0 saturated heterocycles. The van der Waals surface area contributed by atoms with Gasteiger partial charge < -0.3 is 11.1 Å². The molecule has 3 N–H and O–H groups in total. The van der Waals surface area contributed by atoms with Crippen molar-refractivity contribution in [3.63, 3.8) is 0 Å². The highest BCUT2D eigenvalue weighted by Gasteiger charge is 2.31. The molecule has 0 aliphatic rings. The van der Waals surface area contributed by atoms with Gasteiger partial charge in [0.15, 0.2) is 5.82 Å². The molecule has 0 saturated carbocycles. The van der Waals surface area contributed by atoms with Gasteiger partial charge in [-0.25, -0.2) is 8.78 Å². The number of nitrogens with two attached hydrogens (primary N) is 1. The van der Waals surface area contributed by atoms with Crippen LogP contribution in [-0.2, 0) is 4.79 Å². The second kappa shape index (κ2) is 5.44. The Bertz CT molecular complexity index is 457. The zero-order valence-electron chi connectivity index (χ0n) is 10.8. The van der Waals surface area contributed by atoms with Crippen LogP contribution >= 0.6 is 0 Å². The van der Waals surface area contributed by atoms with E-state index in [1.807, 2.05) is 0 Å². The van der Waals surface area contributed by atoms with Gasteiger partial charge in [-0.1, -0.05) is 19.9 Å². The molecule has 0 fully saturated rings. The first kappa shape index (κ1) is 14.6. The maximum Gasteiger partial charge on any atom is 0.244 e. The van der Waals surface area contributed by atoms with Crippen molar-refractivity contribution in [3.05, 3.63) is 29.3 Å². The first-order valence-electron chi connectivity index (χ1n) is 5.90. The molecular formula is C13H18F2N2O. The third-order valence-electron chi connectivity index (χ3n) is 3.24. The Hall–Kier alpha value is -1.49. The average molecular weight is 256 g/mol. The van der Waals surface area contributed by atoms with Crippen LogP contribution < -0.4 is 11.1 Å². The number of halogens is 2. The normalized spacial score (nSPS) is 11.4. The van der Waals surface area contributed by atoms with E-state index in [1.54, 1.807) is 13.8 Å². The van der Waals surface area contributed by atoms with E-state index in [1.165, 1.54) is 13.0 Å². The number of amides is 1. The number of anilines is 1. The van der Waals surface area contributed by atoms with E-state index < -0.39 is 28.8 Å². The van der Waals surface area contributed by atoms with Crippen molar-refractivity contribution in [1.29, 1.82) is 0 Å². The van der Waals surface area contributed by atoms with Crippen LogP contribution in [0, 0.1) is 18.6 Å². The third-order valence-corrected chi connectivity index (χ3v) is 3.24. The van der Waals surface area contributed by atoms with Gasteiger partial charge in [0.1, 0.15) is 11.5 Å². The summed E-state index contributed by atoms with van der Waals surface area (Å²) in [6.45, 7) is 5.01. The standard InChI is InChI=1S/C13H18F2N2O/c1-4-13(16,5-2)12(18)17-11-9(14)7-6-8(3)10(11)15/h6-7H,4-5,16H2,1-3H3,(H,17,18). The van der Waals surface area contributed by atoms with Gasteiger partial charge in [0.2, 0.25) is 5.91 Å². The third kappa shape index (κ3) is 2.67. The van der Waals surface area contributed by atoms with Gasteiger partial charge in [0, 0.05) is 0 Å². The summed E-state index contributed by atoms with van der Waals surface area (Å²) in [5.41, 5.74) is 4.59. The molecule has 1 aromatic carbocycles. The van der Waals surface area contributed by atoms with Crippen LogP contribution in [0.5, 0.6) is 0 Å². The van der Waals surface area contributed by atoms with Crippen molar-refractivity contribution < 1.29 is 13.6 Å². The summed E-state index contributed by atoms with van der Waals surface area (Å²) in [5, 5.41) is 2.25. The van der Waals surface area contributed by atoms with Crippen molar-refractivity contribution in [3.8, 4) is 0 Å². The number of rotatable bonds is 4.